The monoisotopic (exact) mass is 474 g/mol. The van der Waals surface area contributed by atoms with Crippen LogP contribution < -0.4 is 5.43 Å². The molecule has 0 saturated carbocycles. The minimum absolute atomic E-state index is 0.0216. The number of thioether (sulfide) groups is 1. The van der Waals surface area contributed by atoms with E-state index < -0.39 is 4.92 Å². The summed E-state index contributed by atoms with van der Waals surface area (Å²) in [5, 5.41) is 15.3. The highest BCUT2D eigenvalue weighted by Gasteiger charge is 2.34. The van der Waals surface area contributed by atoms with Crippen molar-refractivity contribution < 1.29 is 9.72 Å². The standard InChI is InChI=1S/C26H26N4O3S/c1-19(20-12-14-23(15-13-20)30(32)33)27-28-25(31)18-34-24-16-29(17-24)26(21-8-4-2-5-9-21)22-10-6-3-7-11-22/h2-15,24,26H,16-18H2,1H3,(H,28,31)/b27-19+. The molecule has 3 aromatic carbocycles. The molecule has 0 radical (unpaired) electrons. The number of carbonyl (C=O) groups excluding carboxylic acids is 1. The van der Waals surface area contributed by atoms with Gasteiger partial charge in [0.2, 0.25) is 5.91 Å². The van der Waals surface area contributed by atoms with Crippen molar-refractivity contribution in [2.75, 3.05) is 18.8 Å². The van der Waals surface area contributed by atoms with E-state index in [4.69, 9.17) is 0 Å². The Kier molecular flexibility index (Phi) is 7.72. The summed E-state index contributed by atoms with van der Waals surface area (Å²) in [5.74, 6) is 0.170. The molecule has 1 amide bonds. The van der Waals surface area contributed by atoms with Gasteiger partial charge in [0.1, 0.15) is 0 Å². The zero-order valence-electron chi connectivity index (χ0n) is 18.8. The molecule has 0 spiro atoms. The second-order valence-electron chi connectivity index (χ2n) is 8.15. The quantitative estimate of drug-likeness (QED) is 0.277. The summed E-state index contributed by atoms with van der Waals surface area (Å²) >= 11 is 1.64. The van der Waals surface area contributed by atoms with Gasteiger partial charge in [-0.05, 0) is 35.7 Å². The lowest BCUT2D eigenvalue weighted by Crippen LogP contribution is -2.51. The Morgan fingerprint density at radius 3 is 2.12 bits per heavy atom. The number of nitro benzene ring substituents is 1. The second kappa shape index (κ2) is 11.1. The number of nitrogens with one attached hydrogen (secondary N) is 1. The highest BCUT2D eigenvalue weighted by Crippen LogP contribution is 2.35. The van der Waals surface area contributed by atoms with Crippen LogP contribution in [0.2, 0.25) is 0 Å². The maximum Gasteiger partial charge on any atom is 0.269 e. The number of nitrogens with zero attached hydrogens (tertiary/aromatic N) is 3. The van der Waals surface area contributed by atoms with Crippen molar-refractivity contribution in [2.45, 2.75) is 18.2 Å². The fraction of sp³-hybridized carbons (Fsp3) is 0.231. The predicted molar refractivity (Wildman–Crippen MR) is 136 cm³/mol. The van der Waals surface area contributed by atoms with E-state index in [2.05, 4.69) is 64.0 Å². The first kappa shape index (κ1) is 23.7. The van der Waals surface area contributed by atoms with E-state index >= 15 is 0 Å². The lowest BCUT2D eigenvalue weighted by Gasteiger charge is -2.44. The summed E-state index contributed by atoms with van der Waals surface area (Å²) in [5.41, 5.74) is 6.47. The molecule has 0 bridgehead atoms. The summed E-state index contributed by atoms with van der Waals surface area (Å²) in [6, 6.07) is 27.3. The predicted octanol–water partition coefficient (Wildman–Crippen LogP) is 4.64. The number of carbonyl (C=O) groups is 1. The molecular weight excluding hydrogens is 448 g/mol. The van der Waals surface area contributed by atoms with Gasteiger partial charge in [0.15, 0.2) is 0 Å². The molecule has 0 atom stereocenters. The van der Waals surface area contributed by atoms with Gasteiger partial charge in [-0.25, -0.2) is 5.43 Å². The maximum absolute atomic E-state index is 12.3. The van der Waals surface area contributed by atoms with E-state index in [0.29, 0.717) is 16.7 Å². The normalized spacial score (nSPS) is 14.6. The summed E-state index contributed by atoms with van der Waals surface area (Å²) in [6.45, 7) is 3.58. The molecule has 1 heterocycles. The maximum atomic E-state index is 12.3. The van der Waals surface area contributed by atoms with E-state index in [-0.39, 0.29) is 17.6 Å². The Bertz CT molecular complexity index is 1110. The van der Waals surface area contributed by atoms with Gasteiger partial charge in [-0.15, -0.1) is 11.8 Å². The average molecular weight is 475 g/mol. The van der Waals surface area contributed by atoms with Crippen molar-refractivity contribution in [3.05, 3.63) is 112 Å². The van der Waals surface area contributed by atoms with E-state index in [1.165, 1.54) is 23.3 Å². The van der Waals surface area contributed by atoms with Crippen LogP contribution >= 0.6 is 11.8 Å². The zero-order valence-corrected chi connectivity index (χ0v) is 19.7. The number of non-ortho nitro benzene ring substituents is 1. The first-order valence-electron chi connectivity index (χ1n) is 11.0. The van der Waals surface area contributed by atoms with Crippen LogP contribution in [-0.4, -0.2) is 45.5 Å². The molecular formula is C26H26N4O3S. The minimum atomic E-state index is -0.446. The molecule has 34 heavy (non-hydrogen) atoms. The Labute approximate surface area is 203 Å². The molecule has 174 valence electrons. The van der Waals surface area contributed by atoms with Gasteiger partial charge in [0, 0.05) is 30.5 Å². The Morgan fingerprint density at radius 2 is 1.59 bits per heavy atom. The van der Waals surface area contributed by atoms with Crippen LogP contribution in [0.1, 0.15) is 29.7 Å². The minimum Gasteiger partial charge on any atom is -0.290 e. The molecule has 1 saturated heterocycles. The molecule has 0 aromatic heterocycles. The Balaban J connectivity index is 1.27. The van der Waals surface area contributed by atoms with E-state index in [0.717, 1.165) is 18.7 Å². The van der Waals surface area contributed by atoms with Crippen molar-refractivity contribution in [1.82, 2.24) is 10.3 Å². The SMILES string of the molecule is C/C(=N\NC(=O)CSC1CN(C(c2ccccc2)c2ccccc2)C1)c1ccc([N+](=O)[O-])cc1. The van der Waals surface area contributed by atoms with Gasteiger partial charge in [-0.2, -0.15) is 5.10 Å². The molecule has 1 aliphatic rings. The lowest BCUT2D eigenvalue weighted by atomic mass is 9.94. The number of nitro groups is 1. The van der Waals surface area contributed by atoms with Crippen LogP contribution in [-0.2, 0) is 4.79 Å². The highest BCUT2D eigenvalue weighted by molar-refractivity contribution is 8.00. The fourth-order valence-corrected chi connectivity index (χ4v) is 4.98. The number of amides is 1. The van der Waals surface area contributed by atoms with Gasteiger partial charge < -0.3 is 0 Å². The number of likely N-dealkylation sites (tertiary alicyclic amines) is 1. The first-order valence-corrected chi connectivity index (χ1v) is 12.1. The second-order valence-corrected chi connectivity index (χ2v) is 9.44. The van der Waals surface area contributed by atoms with Crippen molar-refractivity contribution >= 4 is 29.1 Å². The molecule has 4 rings (SSSR count). The number of hydrogen-bond acceptors (Lipinski definition) is 6. The van der Waals surface area contributed by atoms with Crippen LogP contribution in [0.4, 0.5) is 5.69 Å². The van der Waals surface area contributed by atoms with Crippen LogP contribution in [0.25, 0.3) is 0 Å². The summed E-state index contributed by atoms with van der Waals surface area (Å²) < 4.78 is 0. The molecule has 0 unspecified atom stereocenters. The summed E-state index contributed by atoms with van der Waals surface area (Å²) in [6.07, 6.45) is 0. The lowest BCUT2D eigenvalue weighted by molar-refractivity contribution is -0.384. The molecule has 7 nitrogen and oxygen atoms in total. The van der Waals surface area contributed by atoms with Crippen molar-refractivity contribution in [3.8, 4) is 0 Å². The molecule has 8 heteroatoms. The Hall–Kier alpha value is -3.49. The third-order valence-corrected chi connectivity index (χ3v) is 6.96. The molecule has 1 N–H and O–H groups in total. The van der Waals surface area contributed by atoms with Crippen LogP contribution in [0.5, 0.6) is 0 Å². The number of benzene rings is 3. The summed E-state index contributed by atoms with van der Waals surface area (Å²) in [7, 11) is 0. The van der Waals surface area contributed by atoms with Gasteiger partial charge >= 0.3 is 0 Å². The smallest absolute Gasteiger partial charge is 0.269 e. The Morgan fingerprint density at radius 1 is 1.03 bits per heavy atom. The first-order chi connectivity index (χ1) is 16.5. The van der Waals surface area contributed by atoms with Gasteiger partial charge in [-0.1, -0.05) is 60.7 Å². The molecule has 1 fully saturated rings. The van der Waals surface area contributed by atoms with E-state index in [1.54, 1.807) is 30.8 Å². The fourth-order valence-electron chi connectivity index (χ4n) is 3.93. The van der Waals surface area contributed by atoms with E-state index in [9.17, 15) is 14.9 Å². The van der Waals surface area contributed by atoms with Crippen LogP contribution in [0.15, 0.2) is 90.0 Å². The third-order valence-electron chi connectivity index (χ3n) is 5.77. The van der Waals surface area contributed by atoms with Crippen LogP contribution in [0.3, 0.4) is 0 Å². The summed E-state index contributed by atoms with van der Waals surface area (Å²) in [4.78, 5) is 25.0. The van der Waals surface area contributed by atoms with Gasteiger partial charge in [-0.3, -0.25) is 19.8 Å². The molecule has 3 aromatic rings. The van der Waals surface area contributed by atoms with Crippen molar-refractivity contribution in [1.29, 1.82) is 0 Å². The average Bonchev–Trinajstić information content (AvgIpc) is 2.85. The topological polar surface area (TPSA) is 87.8 Å². The van der Waals surface area contributed by atoms with Crippen molar-refractivity contribution in [2.24, 2.45) is 5.10 Å². The van der Waals surface area contributed by atoms with Gasteiger partial charge in [0.05, 0.1) is 22.4 Å². The van der Waals surface area contributed by atoms with Gasteiger partial charge in [0.25, 0.3) is 5.69 Å². The molecule has 1 aliphatic heterocycles. The number of hydrazone groups is 1. The van der Waals surface area contributed by atoms with Crippen LogP contribution in [0, 0.1) is 10.1 Å². The van der Waals surface area contributed by atoms with Crippen molar-refractivity contribution in [3.63, 3.8) is 0 Å². The highest BCUT2D eigenvalue weighted by atomic mass is 32.2. The van der Waals surface area contributed by atoms with E-state index in [1.807, 2.05) is 12.1 Å². The number of hydrogen-bond donors (Lipinski definition) is 1. The largest absolute Gasteiger partial charge is 0.290 e. The third kappa shape index (κ3) is 5.89. The number of rotatable bonds is 9. The molecule has 0 aliphatic carbocycles. The zero-order chi connectivity index (χ0) is 23.9.